The molecule has 0 aliphatic heterocycles. The van der Waals surface area contributed by atoms with E-state index in [-0.39, 0.29) is 0 Å². The molecule has 0 aliphatic carbocycles. The maximum absolute atomic E-state index is 5.63. The monoisotopic (exact) mass is 268 g/mol. The molecule has 0 bridgehead atoms. The zero-order valence-electron chi connectivity index (χ0n) is 10.5. The summed E-state index contributed by atoms with van der Waals surface area (Å²) in [4.78, 5) is 0.467. The number of thioether (sulfide) groups is 1. The molecule has 4 heteroatoms. The fraction of sp³-hybridized carbons (Fsp3) is 0.462. The summed E-state index contributed by atoms with van der Waals surface area (Å²) in [5.74, 6) is 1.24. The third kappa shape index (κ3) is 4.96. The van der Waals surface area contributed by atoms with Crippen molar-refractivity contribution in [3.8, 4) is 0 Å². The Hall–Kier alpha value is -0.740. The van der Waals surface area contributed by atoms with Gasteiger partial charge in [0.15, 0.2) is 0 Å². The average molecular weight is 268 g/mol. The van der Waals surface area contributed by atoms with Crippen molar-refractivity contribution in [1.82, 2.24) is 0 Å². The minimum atomic E-state index is 0.467. The summed E-state index contributed by atoms with van der Waals surface area (Å²) < 4.78 is 0. The molecule has 94 valence electrons. The highest BCUT2D eigenvalue weighted by atomic mass is 32.2. The second-order valence-electron chi connectivity index (χ2n) is 4.02. The molecule has 0 heterocycles. The first-order valence-electron chi connectivity index (χ1n) is 5.78. The number of nitrogens with two attached hydrogens (primary N) is 1. The van der Waals surface area contributed by atoms with Crippen LogP contribution in [0.4, 0.5) is 5.69 Å². The van der Waals surface area contributed by atoms with Crippen LogP contribution in [0.3, 0.4) is 0 Å². The normalized spacial score (nSPS) is 10.2. The molecule has 0 radical (unpaired) electrons. The number of unbranched alkanes of at least 4 members (excludes halogenated alkanes) is 1. The second-order valence-corrected chi connectivity index (χ2v) is 5.45. The lowest BCUT2D eigenvalue weighted by molar-refractivity contribution is 0.843. The van der Waals surface area contributed by atoms with Crippen LogP contribution in [-0.2, 0) is 0 Å². The number of thiocarbonyl (C=S) groups is 1. The highest BCUT2D eigenvalue weighted by Crippen LogP contribution is 2.15. The van der Waals surface area contributed by atoms with Gasteiger partial charge in [-0.25, -0.2) is 0 Å². The lowest BCUT2D eigenvalue weighted by atomic mass is 10.1. The van der Waals surface area contributed by atoms with E-state index in [0.717, 1.165) is 23.4 Å². The molecule has 0 spiro atoms. The Kier molecular flexibility index (Phi) is 6.37. The van der Waals surface area contributed by atoms with E-state index in [1.54, 1.807) is 0 Å². The van der Waals surface area contributed by atoms with Crippen LogP contribution in [-0.4, -0.2) is 23.5 Å². The molecule has 0 fully saturated rings. The Bertz CT molecular complexity index is 378. The van der Waals surface area contributed by atoms with Gasteiger partial charge in [-0.1, -0.05) is 12.2 Å². The van der Waals surface area contributed by atoms with Crippen molar-refractivity contribution in [2.45, 2.75) is 19.8 Å². The van der Waals surface area contributed by atoms with Crippen molar-refractivity contribution in [2.24, 2.45) is 5.73 Å². The highest BCUT2D eigenvalue weighted by molar-refractivity contribution is 7.98. The summed E-state index contributed by atoms with van der Waals surface area (Å²) in [7, 11) is 0. The number of hydrogen-bond donors (Lipinski definition) is 2. The number of aryl methyl sites for hydroxylation is 1. The summed E-state index contributed by atoms with van der Waals surface area (Å²) in [6, 6.07) is 6.13. The van der Waals surface area contributed by atoms with Crippen LogP contribution in [0.25, 0.3) is 0 Å². The topological polar surface area (TPSA) is 38.0 Å². The second kappa shape index (κ2) is 7.56. The van der Waals surface area contributed by atoms with Crippen LogP contribution in [0.2, 0.25) is 0 Å². The van der Waals surface area contributed by atoms with Crippen LogP contribution < -0.4 is 11.1 Å². The van der Waals surface area contributed by atoms with Crippen LogP contribution in [0.5, 0.6) is 0 Å². The summed E-state index contributed by atoms with van der Waals surface area (Å²) in [6.07, 6.45) is 4.61. The van der Waals surface area contributed by atoms with Gasteiger partial charge < -0.3 is 11.1 Å². The van der Waals surface area contributed by atoms with Crippen LogP contribution in [0.1, 0.15) is 24.0 Å². The molecular formula is C13H20N2S2. The summed E-state index contributed by atoms with van der Waals surface area (Å²) in [5.41, 5.74) is 8.87. The molecule has 3 N–H and O–H groups in total. The van der Waals surface area contributed by atoms with Gasteiger partial charge in [0.25, 0.3) is 0 Å². The SMILES string of the molecule is CSCCCCNc1ccc(C(N)=S)c(C)c1. The van der Waals surface area contributed by atoms with Gasteiger partial charge in [-0.2, -0.15) is 11.8 Å². The molecular weight excluding hydrogens is 248 g/mol. The third-order valence-corrected chi connectivity index (χ3v) is 3.51. The minimum Gasteiger partial charge on any atom is -0.389 e. The van der Waals surface area contributed by atoms with Crippen molar-refractivity contribution in [2.75, 3.05) is 23.9 Å². The van der Waals surface area contributed by atoms with Gasteiger partial charge in [0, 0.05) is 17.8 Å². The molecule has 0 unspecified atom stereocenters. The summed E-state index contributed by atoms with van der Waals surface area (Å²) in [6.45, 7) is 3.06. The molecule has 1 aromatic rings. The molecule has 0 saturated carbocycles. The quantitative estimate of drug-likeness (QED) is 0.588. The van der Waals surface area contributed by atoms with E-state index in [0.29, 0.717) is 4.99 Å². The summed E-state index contributed by atoms with van der Waals surface area (Å²) in [5, 5.41) is 3.42. The van der Waals surface area contributed by atoms with Gasteiger partial charge in [0.2, 0.25) is 0 Å². The fourth-order valence-electron chi connectivity index (χ4n) is 1.65. The van der Waals surface area contributed by atoms with E-state index in [4.69, 9.17) is 18.0 Å². The molecule has 0 amide bonds. The number of anilines is 1. The largest absolute Gasteiger partial charge is 0.389 e. The number of benzene rings is 1. The minimum absolute atomic E-state index is 0.467. The van der Waals surface area contributed by atoms with E-state index in [2.05, 4.69) is 17.6 Å². The van der Waals surface area contributed by atoms with Crippen molar-refractivity contribution in [1.29, 1.82) is 0 Å². The lowest BCUT2D eigenvalue weighted by Crippen LogP contribution is -2.11. The van der Waals surface area contributed by atoms with Gasteiger partial charge in [0.05, 0.1) is 0 Å². The molecule has 17 heavy (non-hydrogen) atoms. The fourth-order valence-corrected chi connectivity index (χ4v) is 2.38. The van der Waals surface area contributed by atoms with E-state index in [1.165, 1.54) is 18.6 Å². The van der Waals surface area contributed by atoms with Gasteiger partial charge in [-0.3, -0.25) is 0 Å². The average Bonchev–Trinajstić information content (AvgIpc) is 2.28. The third-order valence-electron chi connectivity index (χ3n) is 2.60. The number of nitrogens with one attached hydrogen (secondary N) is 1. The molecule has 0 aliphatic rings. The van der Waals surface area contributed by atoms with Crippen molar-refractivity contribution < 1.29 is 0 Å². The van der Waals surface area contributed by atoms with E-state index < -0.39 is 0 Å². The molecule has 1 rings (SSSR count). The number of rotatable bonds is 7. The maximum atomic E-state index is 5.63. The van der Waals surface area contributed by atoms with Crippen molar-refractivity contribution in [3.05, 3.63) is 29.3 Å². The number of hydrogen-bond acceptors (Lipinski definition) is 3. The predicted octanol–water partition coefficient (Wildman–Crippen LogP) is 3.18. The van der Waals surface area contributed by atoms with Crippen molar-refractivity contribution >= 4 is 34.7 Å². The molecule has 1 aromatic carbocycles. The highest BCUT2D eigenvalue weighted by Gasteiger charge is 2.01. The molecule has 2 nitrogen and oxygen atoms in total. The van der Waals surface area contributed by atoms with Gasteiger partial charge in [-0.05, 0) is 55.5 Å². The van der Waals surface area contributed by atoms with Crippen LogP contribution >= 0.6 is 24.0 Å². The standard InChI is InChI=1S/C13H20N2S2/c1-10-9-11(5-6-12(10)13(14)16)15-7-3-4-8-17-2/h5-6,9,15H,3-4,7-8H2,1-2H3,(H2,14,16). The van der Waals surface area contributed by atoms with Crippen LogP contribution in [0.15, 0.2) is 18.2 Å². The zero-order valence-corrected chi connectivity index (χ0v) is 12.1. The first-order valence-corrected chi connectivity index (χ1v) is 7.58. The summed E-state index contributed by atoms with van der Waals surface area (Å²) >= 11 is 6.88. The van der Waals surface area contributed by atoms with Crippen molar-refractivity contribution in [3.63, 3.8) is 0 Å². The smallest absolute Gasteiger partial charge is 0.104 e. The van der Waals surface area contributed by atoms with E-state index in [1.807, 2.05) is 30.8 Å². The van der Waals surface area contributed by atoms with Gasteiger partial charge >= 0.3 is 0 Å². The Morgan fingerprint density at radius 1 is 1.41 bits per heavy atom. The molecule has 0 aromatic heterocycles. The molecule has 0 saturated heterocycles. The lowest BCUT2D eigenvalue weighted by Gasteiger charge is -2.09. The van der Waals surface area contributed by atoms with Crippen LogP contribution in [0, 0.1) is 6.92 Å². The van der Waals surface area contributed by atoms with E-state index >= 15 is 0 Å². The first kappa shape index (κ1) is 14.3. The molecule has 0 atom stereocenters. The Balaban J connectivity index is 2.45. The Morgan fingerprint density at radius 2 is 2.18 bits per heavy atom. The van der Waals surface area contributed by atoms with E-state index in [9.17, 15) is 0 Å². The maximum Gasteiger partial charge on any atom is 0.104 e. The predicted molar refractivity (Wildman–Crippen MR) is 83.2 cm³/mol. The Labute approximate surface area is 113 Å². The van der Waals surface area contributed by atoms with Gasteiger partial charge in [0.1, 0.15) is 4.99 Å². The Morgan fingerprint density at radius 3 is 2.76 bits per heavy atom. The van der Waals surface area contributed by atoms with Gasteiger partial charge in [-0.15, -0.1) is 0 Å². The first-order chi connectivity index (χ1) is 8.15. The zero-order chi connectivity index (χ0) is 12.7.